The van der Waals surface area contributed by atoms with Crippen LogP contribution >= 0.6 is 0 Å². The van der Waals surface area contributed by atoms with Gasteiger partial charge >= 0.3 is 0 Å². The van der Waals surface area contributed by atoms with Crippen LogP contribution in [0, 0.1) is 6.92 Å². The molecule has 1 aliphatic rings. The number of rotatable bonds is 3. The van der Waals surface area contributed by atoms with E-state index < -0.39 is 10.0 Å². The topological polar surface area (TPSA) is 62.4 Å². The molecule has 4 rings (SSSR count). The minimum atomic E-state index is -3.50. The standard InChI is InChI=1S/C19H20N2O3S/c1-13-5-3-4-6-19(13)25(22,23)21-10-9-15-16-11-14(24-2)7-8-17(16)20-18(15)12-21/h3-8,11,20H,9-10,12H2,1-2H3. The highest BCUT2D eigenvalue weighted by Crippen LogP contribution is 2.32. The third-order valence-corrected chi connectivity index (χ3v) is 6.86. The van der Waals surface area contributed by atoms with Crippen molar-refractivity contribution in [2.45, 2.75) is 24.8 Å². The molecule has 3 aromatic rings. The number of methoxy groups -OCH3 is 1. The second-order valence-electron chi connectivity index (χ2n) is 6.35. The van der Waals surface area contributed by atoms with Crippen LogP contribution in [0.5, 0.6) is 5.75 Å². The van der Waals surface area contributed by atoms with Gasteiger partial charge in [-0.05, 0) is 48.7 Å². The van der Waals surface area contributed by atoms with E-state index in [2.05, 4.69) is 4.98 Å². The van der Waals surface area contributed by atoms with Crippen molar-refractivity contribution in [3.05, 3.63) is 59.3 Å². The number of sulfonamides is 1. The smallest absolute Gasteiger partial charge is 0.243 e. The zero-order chi connectivity index (χ0) is 17.6. The van der Waals surface area contributed by atoms with Gasteiger partial charge in [0.1, 0.15) is 5.75 Å². The summed E-state index contributed by atoms with van der Waals surface area (Å²) < 4.78 is 32.9. The molecule has 0 spiro atoms. The minimum Gasteiger partial charge on any atom is -0.497 e. The fourth-order valence-corrected chi connectivity index (χ4v) is 5.15. The maximum absolute atomic E-state index is 13.0. The number of aryl methyl sites for hydroxylation is 1. The molecule has 0 unspecified atom stereocenters. The van der Waals surface area contributed by atoms with Crippen LogP contribution in [0.3, 0.4) is 0 Å². The predicted molar refractivity (Wildman–Crippen MR) is 97.3 cm³/mol. The molecule has 0 saturated heterocycles. The number of nitrogens with one attached hydrogen (secondary N) is 1. The molecule has 0 bridgehead atoms. The lowest BCUT2D eigenvalue weighted by Gasteiger charge is -2.27. The molecule has 2 aromatic carbocycles. The van der Waals surface area contributed by atoms with E-state index in [0.717, 1.165) is 27.9 Å². The Labute approximate surface area is 147 Å². The molecule has 1 aromatic heterocycles. The van der Waals surface area contributed by atoms with Crippen LogP contribution in [0.15, 0.2) is 47.4 Å². The van der Waals surface area contributed by atoms with Crippen LogP contribution < -0.4 is 4.74 Å². The lowest BCUT2D eigenvalue weighted by molar-refractivity contribution is 0.388. The van der Waals surface area contributed by atoms with E-state index in [9.17, 15) is 8.42 Å². The third-order valence-electron chi connectivity index (χ3n) is 4.86. The molecule has 0 radical (unpaired) electrons. The first-order chi connectivity index (χ1) is 12.0. The molecule has 0 saturated carbocycles. The zero-order valence-electron chi connectivity index (χ0n) is 14.2. The summed E-state index contributed by atoms with van der Waals surface area (Å²) in [7, 11) is -1.85. The zero-order valence-corrected chi connectivity index (χ0v) is 15.1. The van der Waals surface area contributed by atoms with Crippen molar-refractivity contribution in [3.8, 4) is 5.75 Å². The highest BCUT2D eigenvalue weighted by molar-refractivity contribution is 7.89. The first-order valence-electron chi connectivity index (χ1n) is 8.24. The lowest BCUT2D eigenvalue weighted by Crippen LogP contribution is -2.36. The summed E-state index contributed by atoms with van der Waals surface area (Å²) in [4.78, 5) is 3.76. The number of aromatic nitrogens is 1. The molecule has 1 aliphatic heterocycles. The van der Waals surface area contributed by atoms with Crippen molar-refractivity contribution in [2.75, 3.05) is 13.7 Å². The number of benzene rings is 2. The third kappa shape index (κ3) is 2.62. The van der Waals surface area contributed by atoms with Gasteiger partial charge in [-0.15, -0.1) is 0 Å². The largest absolute Gasteiger partial charge is 0.497 e. The van der Waals surface area contributed by atoms with E-state index in [1.54, 1.807) is 23.5 Å². The second-order valence-corrected chi connectivity index (χ2v) is 8.25. The van der Waals surface area contributed by atoms with Crippen LogP contribution in [-0.4, -0.2) is 31.4 Å². The van der Waals surface area contributed by atoms with Crippen molar-refractivity contribution >= 4 is 20.9 Å². The van der Waals surface area contributed by atoms with Gasteiger partial charge in [-0.1, -0.05) is 18.2 Å². The number of H-pyrrole nitrogens is 1. The Balaban J connectivity index is 1.73. The Hall–Kier alpha value is -2.31. The van der Waals surface area contributed by atoms with Gasteiger partial charge in [-0.3, -0.25) is 0 Å². The Kier molecular flexibility index (Phi) is 3.81. The number of nitrogens with zero attached hydrogens (tertiary/aromatic N) is 1. The van der Waals surface area contributed by atoms with E-state index in [0.29, 0.717) is 24.4 Å². The van der Waals surface area contributed by atoms with Gasteiger partial charge in [0.15, 0.2) is 0 Å². The summed E-state index contributed by atoms with van der Waals surface area (Å²) in [6, 6.07) is 13.0. The predicted octanol–water partition coefficient (Wildman–Crippen LogP) is 3.23. The number of hydrogen-bond donors (Lipinski definition) is 1. The van der Waals surface area contributed by atoms with Crippen molar-refractivity contribution in [1.82, 2.24) is 9.29 Å². The molecular weight excluding hydrogens is 336 g/mol. The van der Waals surface area contributed by atoms with E-state index in [-0.39, 0.29) is 0 Å². The molecule has 5 nitrogen and oxygen atoms in total. The SMILES string of the molecule is COc1ccc2[nH]c3c(c2c1)CCN(S(=O)(=O)c1ccccc1C)C3. The average molecular weight is 356 g/mol. The highest BCUT2D eigenvalue weighted by atomic mass is 32.2. The number of fused-ring (bicyclic) bond motifs is 3. The summed E-state index contributed by atoms with van der Waals surface area (Å²) in [6.07, 6.45) is 0.688. The average Bonchev–Trinajstić information content (AvgIpc) is 2.98. The Morgan fingerprint density at radius 2 is 1.96 bits per heavy atom. The van der Waals surface area contributed by atoms with E-state index in [1.807, 2.05) is 37.3 Å². The van der Waals surface area contributed by atoms with Gasteiger partial charge in [-0.2, -0.15) is 4.31 Å². The molecule has 6 heteroatoms. The summed E-state index contributed by atoms with van der Waals surface area (Å²) in [6.45, 7) is 2.67. The van der Waals surface area contributed by atoms with Gasteiger partial charge in [-0.25, -0.2) is 8.42 Å². The van der Waals surface area contributed by atoms with Gasteiger partial charge in [0, 0.05) is 23.1 Å². The summed E-state index contributed by atoms with van der Waals surface area (Å²) in [5, 5.41) is 1.11. The summed E-state index contributed by atoms with van der Waals surface area (Å²) >= 11 is 0. The van der Waals surface area contributed by atoms with Gasteiger partial charge in [0.05, 0.1) is 18.6 Å². The van der Waals surface area contributed by atoms with Crippen molar-refractivity contribution in [3.63, 3.8) is 0 Å². The summed E-state index contributed by atoms with van der Waals surface area (Å²) in [5.74, 6) is 0.810. The number of ether oxygens (including phenoxy) is 1. The van der Waals surface area contributed by atoms with Gasteiger partial charge in [0.25, 0.3) is 0 Å². The maximum Gasteiger partial charge on any atom is 0.243 e. The minimum absolute atomic E-state index is 0.364. The Morgan fingerprint density at radius 3 is 2.72 bits per heavy atom. The fraction of sp³-hybridized carbons (Fsp3) is 0.263. The van der Waals surface area contributed by atoms with Crippen LogP contribution in [0.4, 0.5) is 0 Å². The molecule has 0 aliphatic carbocycles. The highest BCUT2D eigenvalue weighted by Gasteiger charge is 2.31. The lowest BCUT2D eigenvalue weighted by atomic mass is 10.0. The molecule has 1 N–H and O–H groups in total. The molecule has 0 amide bonds. The van der Waals surface area contributed by atoms with Crippen LogP contribution in [0.2, 0.25) is 0 Å². The van der Waals surface area contributed by atoms with Crippen LogP contribution in [0.25, 0.3) is 10.9 Å². The summed E-state index contributed by atoms with van der Waals surface area (Å²) in [5.41, 5.74) is 3.94. The fourth-order valence-electron chi connectivity index (χ4n) is 3.51. The maximum atomic E-state index is 13.0. The van der Waals surface area contributed by atoms with Gasteiger partial charge < -0.3 is 9.72 Å². The van der Waals surface area contributed by atoms with E-state index in [4.69, 9.17) is 4.74 Å². The monoisotopic (exact) mass is 356 g/mol. The van der Waals surface area contributed by atoms with E-state index in [1.165, 1.54) is 5.56 Å². The molecule has 0 fully saturated rings. The van der Waals surface area contributed by atoms with Gasteiger partial charge in [0.2, 0.25) is 10.0 Å². The molecule has 25 heavy (non-hydrogen) atoms. The van der Waals surface area contributed by atoms with Crippen molar-refractivity contribution in [2.24, 2.45) is 0 Å². The first kappa shape index (κ1) is 16.2. The quantitative estimate of drug-likeness (QED) is 0.784. The van der Waals surface area contributed by atoms with E-state index >= 15 is 0 Å². The molecule has 0 atom stereocenters. The van der Waals surface area contributed by atoms with Crippen molar-refractivity contribution < 1.29 is 13.2 Å². The molecular formula is C19H20N2O3S. The number of aromatic amines is 1. The first-order valence-corrected chi connectivity index (χ1v) is 9.68. The molecule has 2 heterocycles. The number of hydrogen-bond acceptors (Lipinski definition) is 3. The Morgan fingerprint density at radius 1 is 1.16 bits per heavy atom. The van der Waals surface area contributed by atoms with Crippen LogP contribution in [-0.2, 0) is 23.0 Å². The second kappa shape index (κ2) is 5.89. The normalized spacial score (nSPS) is 15.3. The van der Waals surface area contributed by atoms with Crippen LogP contribution in [0.1, 0.15) is 16.8 Å². The Bertz CT molecular complexity index is 1050. The van der Waals surface area contributed by atoms with Crippen molar-refractivity contribution in [1.29, 1.82) is 0 Å². The molecule has 130 valence electrons.